The lowest BCUT2D eigenvalue weighted by Crippen LogP contribution is -1.90. The van der Waals surface area contributed by atoms with Crippen molar-refractivity contribution in [3.05, 3.63) is 53.5 Å². The maximum Gasteiger partial charge on any atom is 0.0882 e. The van der Waals surface area contributed by atoms with Crippen molar-refractivity contribution in [1.82, 2.24) is 4.98 Å². The van der Waals surface area contributed by atoms with Crippen LogP contribution in [0.2, 0.25) is 0 Å². The number of hydrogen-bond acceptors (Lipinski definition) is 2. The molecule has 0 bridgehead atoms. The van der Waals surface area contributed by atoms with E-state index in [-0.39, 0.29) is 0 Å². The maximum absolute atomic E-state index is 4.60. The molecule has 0 spiro atoms. The van der Waals surface area contributed by atoms with Crippen LogP contribution in [0.3, 0.4) is 0 Å². The van der Waals surface area contributed by atoms with Gasteiger partial charge in [-0.15, -0.1) is 11.3 Å². The number of benzene rings is 1. The molecule has 0 saturated heterocycles. The molecule has 2 aromatic heterocycles. The zero-order valence-electron chi connectivity index (χ0n) is 10.6. The fraction of sp³-hybridized carbons (Fsp3) is 0.188. The van der Waals surface area contributed by atoms with Crippen LogP contribution in [0.25, 0.3) is 21.3 Å². The lowest BCUT2D eigenvalue weighted by Gasteiger charge is -2.09. The Morgan fingerprint density at radius 1 is 1.06 bits per heavy atom. The Kier molecular flexibility index (Phi) is 2.88. The number of aromatic nitrogens is 1. The van der Waals surface area contributed by atoms with Crippen LogP contribution >= 0.6 is 11.3 Å². The average Bonchev–Trinajstić information content (AvgIpc) is 2.87. The van der Waals surface area contributed by atoms with Gasteiger partial charge in [-0.2, -0.15) is 0 Å². The Morgan fingerprint density at radius 2 is 1.89 bits per heavy atom. The smallest absolute Gasteiger partial charge is 0.0882 e. The number of pyridine rings is 1. The number of rotatable bonds is 2. The highest BCUT2D eigenvalue weighted by molar-refractivity contribution is 7.13. The van der Waals surface area contributed by atoms with Gasteiger partial charge >= 0.3 is 0 Å². The molecule has 0 radical (unpaired) electrons. The zero-order chi connectivity index (χ0) is 12.5. The average molecular weight is 253 g/mol. The van der Waals surface area contributed by atoms with Gasteiger partial charge in [-0.05, 0) is 34.4 Å². The third-order valence-corrected chi connectivity index (χ3v) is 4.14. The summed E-state index contributed by atoms with van der Waals surface area (Å²) in [5, 5.41) is 4.66. The van der Waals surface area contributed by atoms with Crippen molar-refractivity contribution in [2.45, 2.75) is 19.8 Å². The fourth-order valence-electron chi connectivity index (χ4n) is 2.27. The van der Waals surface area contributed by atoms with Gasteiger partial charge in [-0.1, -0.05) is 38.1 Å². The standard InChI is InChI=1S/C16H15NS/c1-11(2)13-8-10-18-16(13)15-14-6-4-3-5-12(14)7-9-17-15/h3-11H,1-2H3. The molecule has 2 heteroatoms. The minimum absolute atomic E-state index is 0.534. The van der Waals surface area contributed by atoms with Crippen LogP contribution in [-0.4, -0.2) is 4.98 Å². The van der Waals surface area contributed by atoms with Crippen LogP contribution in [0.15, 0.2) is 48.0 Å². The highest BCUT2D eigenvalue weighted by Gasteiger charge is 2.13. The van der Waals surface area contributed by atoms with Gasteiger partial charge in [0.25, 0.3) is 0 Å². The molecule has 3 rings (SSSR count). The molecule has 0 unspecified atom stereocenters. The molecule has 18 heavy (non-hydrogen) atoms. The number of thiophene rings is 1. The second-order valence-corrected chi connectivity index (χ2v) is 5.66. The van der Waals surface area contributed by atoms with Crippen molar-refractivity contribution in [1.29, 1.82) is 0 Å². The van der Waals surface area contributed by atoms with Gasteiger partial charge in [0.1, 0.15) is 0 Å². The predicted octanol–water partition coefficient (Wildman–Crippen LogP) is 5.09. The molecule has 90 valence electrons. The first-order valence-electron chi connectivity index (χ1n) is 6.19. The quantitative estimate of drug-likeness (QED) is 0.620. The van der Waals surface area contributed by atoms with E-state index in [1.54, 1.807) is 11.3 Å². The van der Waals surface area contributed by atoms with E-state index < -0.39 is 0 Å². The molecular formula is C16H15NS. The summed E-state index contributed by atoms with van der Waals surface area (Å²) in [6.07, 6.45) is 1.90. The molecule has 2 heterocycles. The van der Waals surface area contributed by atoms with E-state index in [0.717, 1.165) is 5.69 Å². The molecule has 1 nitrogen and oxygen atoms in total. The van der Waals surface area contributed by atoms with Crippen molar-refractivity contribution in [2.75, 3.05) is 0 Å². The Hall–Kier alpha value is -1.67. The minimum Gasteiger partial charge on any atom is -0.255 e. The first-order chi connectivity index (χ1) is 8.77. The van der Waals surface area contributed by atoms with Gasteiger partial charge < -0.3 is 0 Å². The fourth-order valence-corrected chi connectivity index (χ4v) is 3.33. The number of hydrogen-bond donors (Lipinski definition) is 0. The van der Waals surface area contributed by atoms with Gasteiger partial charge in [-0.3, -0.25) is 4.98 Å². The first-order valence-corrected chi connectivity index (χ1v) is 7.07. The third kappa shape index (κ3) is 1.83. The number of fused-ring (bicyclic) bond motifs is 1. The predicted molar refractivity (Wildman–Crippen MR) is 79.1 cm³/mol. The summed E-state index contributed by atoms with van der Waals surface area (Å²) in [6, 6.07) is 12.7. The van der Waals surface area contributed by atoms with Crippen LogP contribution in [0, 0.1) is 0 Å². The molecule has 0 aliphatic carbocycles. The molecule has 3 aromatic rings. The van der Waals surface area contributed by atoms with E-state index in [2.05, 4.69) is 60.6 Å². The Morgan fingerprint density at radius 3 is 2.72 bits per heavy atom. The topological polar surface area (TPSA) is 12.9 Å². The highest BCUT2D eigenvalue weighted by Crippen LogP contribution is 2.36. The van der Waals surface area contributed by atoms with Crippen molar-refractivity contribution < 1.29 is 0 Å². The summed E-state index contributed by atoms with van der Waals surface area (Å²) in [6.45, 7) is 4.47. The van der Waals surface area contributed by atoms with Crippen LogP contribution < -0.4 is 0 Å². The van der Waals surface area contributed by atoms with E-state index in [9.17, 15) is 0 Å². The van der Waals surface area contributed by atoms with E-state index in [1.807, 2.05) is 6.20 Å². The highest BCUT2D eigenvalue weighted by atomic mass is 32.1. The second kappa shape index (κ2) is 4.54. The van der Waals surface area contributed by atoms with Crippen LogP contribution in [0.1, 0.15) is 25.3 Å². The molecule has 0 aliphatic heterocycles. The maximum atomic E-state index is 4.60. The van der Waals surface area contributed by atoms with Crippen LogP contribution in [-0.2, 0) is 0 Å². The Bertz CT molecular complexity index is 677. The van der Waals surface area contributed by atoms with E-state index in [1.165, 1.54) is 21.2 Å². The molecule has 0 N–H and O–H groups in total. The number of nitrogens with zero attached hydrogens (tertiary/aromatic N) is 1. The van der Waals surface area contributed by atoms with Gasteiger partial charge in [0.05, 0.1) is 10.6 Å². The van der Waals surface area contributed by atoms with Gasteiger partial charge in [0.15, 0.2) is 0 Å². The summed E-state index contributed by atoms with van der Waals surface area (Å²) in [5.41, 5.74) is 2.51. The van der Waals surface area contributed by atoms with Gasteiger partial charge in [0.2, 0.25) is 0 Å². The minimum atomic E-state index is 0.534. The van der Waals surface area contributed by atoms with Gasteiger partial charge in [-0.25, -0.2) is 0 Å². The summed E-state index contributed by atoms with van der Waals surface area (Å²) >= 11 is 1.78. The summed E-state index contributed by atoms with van der Waals surface area (Å²) in [7, 11) is 0. The molecule has 1 aromatic carbocycles. The van der Waals surface area contributed by atoms with Crippen LogP contribution in [0.4, 0.5) is 0 Å². The molecule has 0 aliphatic rings. The summed E-state index contributed by atoms with van der Waals surface area (Å²) < 4.78 is 0. The second-order valence-electron chi connectivity index (χ2n) is 4.74. The summed E-state index contributed by atoms with van der Waals surface area (Å²) in [4.78, 5) is 5.91. The van der Waals surface area contributed by atoms with E-state index in [4.69, 9.17) is 0 Å². The lowest BCUT2D eigenvalue weighted by atomic mass is 10.0. The van der Waals surface area contributed by atoms with Crippen molar-refractivity contribution >= 4 is 22.1 Å². The zero-order valence-corrected chi connectivity index (χ0v) is 11.4. The van der Waals surface area contributed by atoms with Crippen LogP contribution in [0.5, 0.6) is 0 Å². The van der Waals surface area contributed by atoms with E-state index >= 15 is 0 Å². The SMILES string of the molecule is CC(C)c1ccsc1-c1nccc2ccccc12. The van der Waals surface area contributed by atoms with Crippen molar-refractivity contribution in [3.63, 3.8) is 0 Å². The largest absolute Gasteiger partial charge is 0.255 e. The summed E-state index contributed by atoms with van der Waals surface area (Å²) in [5.74, 6) is 0.534. The molecule has 0 saturated carbocycles. The molecule has 0 fully saturated rings. The lowest BCUT2D eigenvalue weighted by molar-refractivity contribution is 0.873. The molecular weight excluding hydrogens is 238 g/mol. The van der Waals surface area contributed by atoms with E-state index in [0.29, 0.717) is 5.92 Å². The van der Waals surface area contributed by atoms with Crippen molar-refractivity contribution in [2.24, 2.45) is 0 Å². The normalized spacial score (nSPS) is 11.3. The van der Waals surface area contributed by atoms with Gasteiger partial charge in [0, 0.05) is 11.6 Å². The Labute approximate surface area is 111 Å². The Balaban J connectivity index is 2.28. The first kappa shape index (κ1) is 11.4. The molecule has 0 atom stereocenters. The molecule has 0 amide bonds. The van der Waals surface area contributed by atoms with Crippen molar-refractivity contribution in [3.8, 4) is 10.6 Å². The third-order valence-electron chi connectivity index (χ3n) is 3.21. The monoisotopic (exact) mass is 253 g/mol.